The fourth-order valence-corrected chi connectivity index (χ4v) is 2.92. The Hall–Kier alpha value is -4.38. The minimum atomic E-state index is -0.590. The minimum Gasteiger partial charge on any atom is -0.497 e. The Kier molecular flexibility index (Phi) is 6.17. The molecule has 0 bridgehead atoms. The maximum Gasteiger partial charge on any atom is 0.273 e. The van der Waals surface area contributed by atoms with Gasteiger partial charge in [0, 0.05) is 29.0 Å². The molecular weight excluding hydrogens is 398 g/mol. The van der Waals surface area contributed by atoms with Gasteiger partial charge in [0.15, 0.2) is 0 Å². The predicted octanol–water partition coefficient (Wildman–Crippen LogP) is 5.03. The number of amides is 1. The van der Waals surface area contributed by atoms with Crippen molar-refractivity contribution in [3.63, 3.8) is 0 Å². The Bertz CT molecular complexity index is 1220. The molecule has 0 radical (unpaired) electrons. The van der Waals surface area contributed by atoms with Gasteiger partial charge in [-0.3, -0.25) is 14.9 Å². The van der Waals surface area contributed by atoms with Crippen LogP contribution in [0.2, 0.25) is 0 Å². The average molecular weight is 417 g/mol. The van der Waals surface area contributed by atoms with Crippen molar-refractivity contribution in [3.8, 4) is 23.1 Å². The van der Waals surface area contributed by atoms with Crippen LogP contribution < -0.4 is 10.1 Å². The summed E-state index contributed by atoms with van der Waals surface area (Å²) in [5.74, 6) is 0.721. The zero-order valence-electron chi connectivity index (χ0n) is 17.1. The van der Waals surface area contributed by atoms with Crippen molar-refractivity contribution in [2.75, 3.05) is 12.4 Å². The molecule has 1 amide bonds. The van der Waals surface area contributed by atoms with Crippen LogP contribution in [0.25, 0.3) is 17.4 Å². The van der Waals surface area contributed by atoms with Gasteiger partial charge in [-0.25, -0.2) is 0 Å². The average Bonchev–Trinajstić information content (AvgIpc) is 3.22. The molecule has 0 aliphatic rings. The van der Waals surface area contributed by atoms with Crippen LogP contribution in [0.15, 0.2) is 58.5 Å². The molecule has 1 N–H and O–H groups in total. The molecule has 8 heteroatoms. The SMILES string of the molecule is COc1ccc(NC(=O)/C(C#N)=C\c2ccc(-c3cc(C)c(C)c([N+](=O)[O-])c3)o2)cc1. The lowest BCUT2D eigenvalue weighted by atomic mass is 10.0. The van der Waals surface area contributed by atoms with Crippen molar-refractivity contribution in [3.05, 3.63) is 81.1 Å². The van der Waals surface area contributed by atoms with Gasteiger partial charge in [0.25, 0.3) is 11.6 Å². The van der Waals surface area contributed by atoms with Crippen LogP contribution in [0, 0.1) is 35.3 Å². The number of nitriles is 1. The Morgan fingerprint density at radius 2 is 1.90 bits per heavy atom. The van der Waals surface area contributed by atoms with Gasteiger partial charge in [0.2, 0.25) is 0 Å². The molecule has 2 aromatic carbocycles. The number of ether oxygens (including phenoxy) is 1. The number of benzene rings is 2. The standard InChI is InChI=1S/C23H19N3O5/c1-14-10-16(12-21(15(14)2)26(28)29)22-9-8-20(31-22)11-17(13-24)23(27)25-18-4-6-19(30-3)7-5-18/h4-12H,1-3H3,(H,25,27)/b17-11-. The maximum atomic E-state index is 12.4. The highest BCUT2D eigenvalue weighted by molar-refractivity contribution is 6.09. The summed E-state index contributed by atoms with van der Waals surface area (Å²) >= 11 is 0. The molecule has 0 spiro atoms. The van der Waals surface area contributed by atoms with E-state index in [2.05, 4.69) is 5.32 Å². The van der Waals surface area contributed by atoms with E-state index in [-0.39, 0.29) is 17.0 Å². The van der Waals surface area contributed by atoms with Crippen LogP contribution in [0.5, 0.6) is 5.75 Å². The first-order valence-corrected chi connectivity index (χ1v) is 9.25. The second-order valence-corrected chi connectivity index (χ2v) is 6.75. The van der Waals surface area contributed by atoms with Crippen molar-refractivity contribution >= 4 is 23.4 Å². The summed E-state index contributed by atoms with van der Waals surface area (Å²) in [7, 11) is 1.54. The third-order valence-electron chi connectivity index (χ3n) is 4.75. The molecule has 156 valence electrons. The molecule has 0 atom stereocenters. The number of aryl methyl sites for hydroxylation is 1. The topological polar surface area (TPSA) is 118 Å². The van der Waals surface area contributed by atoms with Crippen molar-refractivity contribution in [2.24, 2.45) is 0 Å². The molecule has 0 aliphatic heterocycles. The molecular formula is C23H19N3O5. The largest absolute Gasteiger partial charge is 0.497 e. The molecule has 1 aromatic heterocycles. The lowest BCUT2D eigenvalue weighted by Gasteiger charge is -2.05. The fraction of sp³-hybridized carbons (Fsp3) is 0.130. The number of nitro groups is 1. The summed E-state index contributed by atoms with van der Waals surface area (Å²) in [5.41, 5.74) is 2.24. The number of hydrogen-bond acceptors (Lipinski definition) is 6. The van der Waals surface area contributed by atoms with Gasteiger partial charge in [-0.1, -0.05) is 0 Å². The molecule has 0 unspecified atom stereocenters. The molecule has 0 fully saturated rings. The first-order valence-electron chi connectivity index (χ1n) is 9.25. The normalized spacial score (nSPS) is 11.0. The molecule has 0 saturated carbocycles. The maximum absolute atomic E-state index is 12.4. The summed E-state index contributed by atoms with van der Waals surface area (Å²) in [6.45, 7) is 3.47. The van der Waals surface area contributed by atoms with Crippen molar-refractivity contribution < 1.29 is 18.9 Å². The monoisotopic (exact) mass is 417 g/mol. The quantitative estimate of drug-likeness (QED) is 0.260. The minimum absolute atomic E-state index is 0.0000698. The van der Waals surface area contributed by atoms with Crippen LogP contribution >= 0.6 is 0 Å². The second kappa shape index (κ2) is 8.97. The van der Waals surface area contributed by atoms with Crippen LogP contribution in [0.1, 0.15) is 16.9 Å². The summed E-state index contributed by atoms with van der Waals surface area (Å²) in [4.78, 5) is 23.3. The number of carbonyl (C=O) groups excluding carboxylic acids is 1. The van der Waals surface area contributed by atoms with E-state index >= 15 is 0 Å². The van der Waals surface area contributed by atoms with Gasteiger partial charge < -0.3 is 14.5 Å². The number of rotatable bonds is 6. The summed E-state index contributed by atoms with van der Waals surface area (Å²) in [5, 5.41) is 23.3. The summed E-state index contributed by atoms with van der Waals surface area (Å²) in [6, 6.07) is 15.0. The highest BCUT2D eigenvalue weighted by Crippen LogP contribution is 2.31. The number of carbonyl (C=O) groups is 1. The van der Waals surface area contributed by atoms with Gasteiger partial charge in [-0.15, -0.1) is 0 Å². The van der Waals surface area contributed by atoms with Gasteiger partial charge in [-0.05, 0) is 61.9 Å². The fourth-order valence-electron chi connectivity index (χ4n) is 2.92. The van der Waals surface area contributed by atoms with Crippen molar-refractivity contribution in [2.45, 2.75) is 13.8 Å². The van der Waals surface area contributed by atoms with Crippen LogP contribution in [0.3, 0.4) is 0 Å². The predicted molar refractivity (Wildman–Crippen MR) is 115 cm³/mol. The van der Waals surface area contributed by atoms with Gasteiger partial charge in [0.05, 0.1) is 12.0 Å². The van der Waals surface area contributed by atoms with Crippen LogP contribution in [-0.4, -0.2) is 17.9 Å². The molecule has 31 heavy (non-hydrogen) atoms. The zero-order chi connectivity index (χ0) is 22.5. The van der Waals surface area contributed by atoms with Gasteiger partial charge >= 0.3 is 0 Å². The van der Waals surface area contributed by atoms with E-state index in [0.29, 0.717) is 28.3 Å². The van der Waals surface area contributed by atoms with E-state index in [1.54, 1.807) is 56.3 Å². The van der Waals surface area contributed by atoms with Gasteiger partial charge in [-0.2, -0.15) is 5.26 Å². The van der Waals surface area contributed by atoms with Gasteiger partial charge in [0.1, 0.15) is 28.9 Å². The van der Waals surface area contributed by atoms with E-state index in [1.165, 1.54) is 19.3 Å². The van der Waals surface area contributed by atoms with E-state index in [1.807, 2.05) is 6.07 Å². The van der Waals surface area contributed by atoms with Crippen molar-refractivity contribution in [1.29, 1.82) is 5.26 Å². The lowest BCUT2D eigenvalue weighted by molar-refractivity contribution is -0.385. The molecule has 0 saturated heterocycles. The van der Waals surface area contributed by atoms with E-state index in [9.17, 15) is 20.2 Å². The first-order chi connectivity index (χ1) is 14.8. The Labute approximate surface area is 178 Å². The number of nitrogens with zero attached hydrogens (tertiary/aromatic N) is 2. The van der Waals surface area contributed by atoms with E-state index in [4.69, 9.17) is 9.15 Å². The number of furan rings is 1. The Morgan fingerprint density at radius 1 is 1.19 bits per heavy atom. The molecule has 3 aromatic rings. The number of anilines is 1. The Balaban J connectivity index is 1.84. The summed E-state index contributed by atoms with van der Waals surface area (Å²) < 4.78 is 10.8. The van der Waals surface area contributed by atoms with Crippen LogP contribution in [-0.2, 0) is 4.79 Å². The third kappa shape index (κ3) is 4.79. The van der Waals surface area contributed by atoms with E-state index in [0.717, 1.165) is 5.56 Å². The smallest absolute Gasteiger partial charge is 0.273 e. The summed E-state index contributed by atoms with van der Waals surface area (Å²) in [6.07, 6.45) is 1.32. The van der Waals surface area contributed by atoms with E-state index < -0.39 is 10.8 Å². The first kappa shape index (κ1) is 21.3. The molecule has 0 aliphatic carbocycles. The second-order valence-electron chi connectivity index (χ2n) is 6.75. The molecule has 3 rings (SSSR count). The number of nitrogens with one attached hydrogen (secondary N) is 1. The highest BCUT2D eigenvalue weighted by atomic mass is 16.6. The third-order valence-corrected chi connectivity index (χ3v) is 4.75. The number of methoxy groups -OCH3 is 1. The lowest BCUT2D eigenvalue weighted by Crippen LogP contribution is -2.13. The molecule has 1 heterocycles. The number of hydrogen-bond donors (Lipinski definition) is 1. The highest BCUT2D eigenvalue weighted by Gasteiger charge is 2.17. The van der Waals surface area contributed by atoms with Crippen molar-refractivity contribution in [1.82, 2.24) is 0 Å². The van der Waals surface area contributed by atoms with Crippen LogP contribution in [0.4, 0.5) is 11.4 Å². The molecule has 8 nitrogen and oxygen atoms in total. The zero-order valence-corrected chi connectivity index (χ0v) is 17.1. The number of nitro benzene ring substituents is 1. The Morgan fingerprint density at radius 3 is 2.52 bits per heavy atom.